The molecule has 1 aliphatic rings. The van der Waals surface area contributed by atoms with Crippen molar-refractivity contribution in [3.05, 3.63) is 28.3 Å². The maximum atomic E-state index is 12.6. The Labute approximate surface area is 200 Å². The molecule has 12 heteroatoms. The smallest absolute Gasteiger partial charge is 0.257 e. The van der Waals surface area contributed by atoms with Crippen LogP contribution in [0.5, 0.6) is 0 Å². The molecule has 3 aromatic heterocycles. The van der Waals surface area contributed by atoms with E-state index in [1.54, 1.807) is 40.3 Å². The van der Waals surface area contributed by atoms with E-state index in [1.165, 1.54) is 11.8 Å². The average molecular weight is 489 g/mol. The van der Waals surface area contributed by atoms with Crippen LogP contribution in [0, 0.1) is 6.92 Å². The molecule has 0 radical (unpaired) electrons. The van der Waals surface area contributed by atoms with Crippen molar-refractivity contribution in [2.24, 2.45) is 0 Å². The molecular weight excluding hydrogens is 460 g/mol. The molecule has 4 heterocycles. The summed E-state index contributed by atoms with van der Waals surface area (Å²) in [5, 5.41) is 13.1. The Kier molecular flexibility index (Phi) is 7.53. The zero-order valence-corrected chi connectivity index (χ0v) is 20.6. The Hall–Kier alpha value is -2.60. The molecule has 33 heavy (non-hydrogen) atoms. The molecule has 3 aromatic rings. The van der Waals surface area contributed by atoms with Gasteiger partial charge in [0.05, 0.1) is 24.2 Å². The zero-order valence-electron chi connectivity index (χ0n) is 19.0. The summed E-state index contributed by atoms with van der Waals surface area (Å²) >= 11 is 3.10. The van der Waals surface area contributed by atoms with Crippen molar-refractivity contribution in [3.63, 3.8) is 0 Å². The van der Waals surface area contributed by atoms with Crippen molar-refractivity contribution in [1.82, 2.24) is 34.6 Å². The summed E-state index contributed by atoms with van der Waals surface area (Å²) in [6.45, 7) is 7.65. The van der Waals surface area contributed by atoms with Gasteiger partial charge < -0.3 is 10.6 Å². The highest BCUT2D eigenvalue weighted by Crippen LogP contribution is 2.31. The number of aryl methyl sites for hydroxylation is 1. The Balaban J connectivity index is 1.40. The van der Waals surface area contributed by atoms with Crippen LogP contribution in [-0.2, 0) is 11.3 Å². The van der Waals surface area contributed by atoms with Crippen LogP contribution in [0.2, 0.25) is 0 Å². The number of hydrogen-bond donors (Lipinski definition) is 2. The summed E-state index contributed by atoms with van der Waals surface area (Å²) in [6, 6.07) is -0.177. The third kappa shape index (κ3) is 5.16. The van der Waals surface area contributed by atoms with Gasteiger partial charge in [-0.15, -0.1) is 0 Å². The minimum atomic E-state index is -0.177. The van der Waals surface area contributed by atoms with Gasteiger partial charge in [-0.2, -0.15) is 5.10 Å². The van der Waals surface area contributed by atoms with Crippen LogP contribution in [0.4, 0.5) is 5.82 Å². The molecule has 176 valence electrons. The molecule has 1 unspecified atom stereocenters. The third-order valence-corrected chi connectivity index (χ3v) is 7.10. The van der Waals surface area contributed by atoms with Crippen LogP contribution in [0.15, 0.2) is 27.5 Å². The number of anilines is 1. The van der Waals surface area contributed by atoms with Crippen LogP contribution in [-0.4, -0.2) is 59.8 Å². The van der Waals surface area contributed by atoms with Crippen LogP contribution in [0.25, 0.3) is 11.0 Å². The van der Waals surface area contributed by atoms with E-state index in [0.29, 0.717) is 34.7 Å². The van der Waals surface area contributed by atoms with Crippen LogP contribution < -0.4 is 16.2 Å². The predicted molar refractivity (Wildman–Crippen MR) is 131 cm³/mol. The lowest BCUT2D eigenvalue weighted by molar-refractivity contribution is -0.121. The normalized spacial score (nSPS) is 15.1. The van der Waals surface area contributed by atoms with Crippen molar-refractivity contribution in [2.75, 3.05) is 29.9 Å². The molecule has 0 aromatic carbocycles. The maximum absolute atomic E-state index is 12.6. The Bertz CT molecular complexity index is 1210. The van der Waals surface area contributed by atoms with Crippen molar-refractivity contribution in [1.29, 1.82) is 0 Å². The minimum Gasteiger partial charge on any atom is -0.369 e. The SMILES string of the molecule is CCCNc1nc(SCC)nc2c1cnn2CCNC(=O)CC1CSc2ncc(C)c(=O)n21. The first-order chi connectivity index (χ1) is 16.0. The van der Waals surface area contributed by atoms with Crippen LogP contribution >= 0.6 is 23.5 Å². The molecule has 1 aliphatic heterocycles. The third-order valence-electron chi connectivity index (χ3n) is 5.26. The number of amides is 1. The lowest BCUT2D eigenvalue weighted by Crippen LogP contribution is -2.32. The highest BCUT2D eigenvalue weighted by atomic mass is 32.2. The van der Waals surface area contributed by atoms with Crippen LogP contribution in [0.1, 0.15) is 38.3 Å². The number of nitrogens with zero attached hydrogens (tertiary/aromatic N) is 6. The van der Waals surface area contributed by atoms with Crippen molar-refractivity contribution in [2.45, 2.75) is 56.5 Å². The van der Waals surface area contributed by atoms with Crippen molar-refractivity contribution >= 4 is 46.3 Å². The Morgan fingerprint density at radius 1 is 1.27 bits per heavy atom. The van der Waals surface area contributed by atoms with E-state index < -0.39 is 0 Å². The fraction of sp³-hybridized carbons (Fsp3) is 0.524. The van der Waals surface area contributed by atoms with E-state index in [1.807, 2.05) is 0 Å². The molecule has 0 saturated heterocycles. The number of thioether (sulfide) groups is 2. The molecule has 0 aliphatic carbocycles. The van der Waals surface area contributed by atoms with Gasteiger partial charge in [0.1, 0.15) is 5.82 Å². The molecule has 10 nitrogen and oxygen atoms in total. The molecular formula is C21H28N8O2S2. The van der Waals surface area contributed by atoms with Gasteiger partial charge in [0.25, 0.3) is 5.56 Å². The maximum Gasteiger partial charge on any atom is 0.257 e. The minimum absolute atomic E-state index is 0.0706. The fourth-order valence-corrected chi connectivity index (χ4v) is 5.30. The number of hydrogen-bond acceptors (Lipinski definition) is 9. The zero-order chi connectivity index (χ0) is 23.4. The molecule has 2 N–H and O–H groups in total. The summed E-state index contributed by atoms with van der Waals surface area (Å²) in [7, 11) is 0. The van der Waals surface area contributed by atoms with Gasteiger partial charge >= 0.3 is 0 Å². The lowest BCUT2D eigenvalue weighted by Gasteiger charge is -2.14. The largest absolute Gasteiger partial charge is 0.369 e. The topological polar surface area (TPSA) is 120 Å². The molecule has 4 rings (SSSR count). The van der Waals surface area contributed by atoms with E-state index in [0.717, 1.165) is 35.6 Å². The summed E-state index contributed by atoms with van der Waals surface area (Å²) in [5.41, 5.74) is 1.27. The van der Waals surface area contributed by atoms with Gasteiger partial charge in [0.15, 0.2) is 16.0 Å². The fourth-order valence-electron chi connectivity index (χ4n) is 3.63. The first-order valence-corrected chi connectivity index (χ1v) is 13.1. The number of fused-ring (bicyclic) bond motifs is 2. The number of nitrogens with one attached hydrogen (secondary N) is 2. The van der Waals surface area contributed by atoms with Gasteiger partial charge in [0, 0.05) is 37.0 Å². The summed E-state index contributed by atoms with van der Waals surface area (Å²) in [4.78, 5) is 38.6. The van der Waals surface area contributed by atoms with Crippen LogP contribution in [0.3, 0.4) is 0 Å². The quantitative estimate of drug-likeness (QED) is 0.327. The van der Waals surface area contributed by atoms with Crippen molar-refractivity contribution < 1.29 is 4.79 Å². The lowest BCUT2D eigenvalue weighted by atomic mass is 10.2. The summed E-state index contributed by atoms with van der Waals surface area (Å²) in [6.07, 6.45) is 4.60. The average Bonchev–Trinajstić information content (AvgIpc) is 3.39. The van der Waals surface area contributed by atoms with E-state index in [-0.39, 0.29) is 23.9 Å². The number of rotatable bonds is 10. The van der Waals surface area contributed by atoms with Gasteiger partial charge in [-0.1, -0.05) is 37.4 Å². The standard InChI is InChI=1S/C21H28N8O2S2/c1-4-6-23-17-15-11-25-28(18(15)27-20(26-17)32-5-2)8-7-22-16(30)9-14-12-33-21-24-10-13(3)19(31)29(14)21/h10-11,14H,4-9,12H2,1-3H3,(H,22,30)(H,23,26,27). The molecule has 1 atom stereocenters. The number of carbonyl (C=O) groups excluding carboxylic acids is 1. The molecule has 1 amide bonds. The van der Waals surface area contributed by atoms with Gasteiger partial charge in [-0.05, 0) is 19.1 Å². The predicted octanol–water partition coefficient (Wildman–Crippen LogP) is 2.48. The van der Waals surface area contributed by atoms with Gasteiger partial charge in [-0.25, -0.2) is 19.6 Å². The Morgan fingerprint density at radius 3 is 2.91 bits per heavy atom. The molecule has 0 fully saturated rings. The second-order valence-electron chi connectivity index (χ2n) is 7.74. The van der Waals surface area contributed by atoms with E-state index in [9.17, 15) is 9.59 Å². The highest BCUT2D eigenvalue weighted by Gasteiger charge is 2.27. The van der Waals surface area contributed by atoms with Crippen molar-refractivity contribution in [3.8, 4) is 0 Å². The Morgan fingerprint density at radius 2 is 2.12 bits per heavy atom. The first-order valence-electron chi connectivity index (χ1n) is 11.1. The first kappa shape index (κ1) is 23.6. The van der Waals surface area contributed by atoms with E-state index >= 15 is 0 Å². The highest BCUT2D eigenvalue weighted by molar-refractivity contribution is 7.99. The summed E-state index contributed by atoms with van der Waals surface area (Å²) < 4.78 is 3.45. The second kappa shape index (κ2) is 10.6. The van der Waals surface area contributed by atoms with E-state index in [4.69, 9.17) is 0 Å². The van der Waals surface area contributed by atoms with Gasteiger partial charge in [-0.3, -0.25) is 14.2 Å². The van der Waals surface area contributed by atoms with E-state index in [2.05, 4.69) is 44.5 Å². The monoisotopic (exact) mass is 488 g/mol. The number of carbonyl (C=O) groups is 1. The number of aromatic nitrogens is 6. The molecule has 0 saturated carbocycles. The molecule has 0 spiro atoms. The van der Waals surface area contributed by atoms with Gasteiger partial charge in [0.2, 0.25) is 5.91 Å². The molecule has 0 bridgehead atoms. The summed E-state index contributed by atoms with van der Waals surface area (Å²) in [5.74, 6) is 2.25. The second-order valence-corrected chi connectivity index (χ2v) is 9.96.